The summed E-state index contributed by atoms with van der Waals surface area (Å²) < 4.78 is 16.0. The predicted octanol–water partition coefficient (Wildman–Crippen LogP) is -4.94. The van der Waals surface area contributed by atoms with Crippen molar-refractivity contribution in [1.29, 1.82) is 0 Å². The second-order valence-corrected chi connectivity index (χ2v) is 7.27. The van der Waals surface area contributed by atoms with Crippen LogP contribution in [0.4, 0.5) is 0 Å². The molecule has 10 nitrogen and oxygen atoms in total. The van der Waals surface area contributed by atoms with Crippen LogP contribution in [0.1, 0.15) is 12.8 Å². The van der Waals surface area contributed by atoms with Crippen LogP contribution in [0.5, 0.6) is 0 Å². The SMILES string of the molecule is O=C(CS(=O)C(Cl)=CCl)N[C@H]1CON(C2(C(=O)[O-])CCC(=O)O2)C1=O.[Na+]. The van der Waals surface area contributed by atoms with Gasteiger partial charge in [-0.05, 0) is 0 Å². The number of nitrogens with zero attached hydrogens (tertiary/aromatic N) is 1. The number of nitrogens with one attached hydrogen (secondary N) is 1. The predicted molar refractivity (Wildman–Crippen MR) is 80.6 cm³/mol. The van der Waals surface area contributed by atoms with Gasteiger partial charge in [-0.15, -0.1) is 0 Å². The summed E-state index contributed by atoms with van der Waals surface area (Å²) in [6.07, 6.45) is -0.582. The van der Waals surface area contributed by atoms with Crippen LogP contribution < -0.4 is 40.0 Å². The molecular weight excluding hydrogens is 426 g/mol. The summed E-state index contributed by atoms with van der Waals surface area (Å²) in [4.78, 5) is 51.7. The second kappa shape index (κ2) is 9.49. The van der Waals surface area contributed by atoms with E-state index in [2.05, 4.69) is 5.32 Å². The first kappa shape index (κ1) is 23.3. The van der Waals surface area contributed by atoms with Crippen molar-refractivity contribution in [1.82, 2.24) is 10.4 Å². The van der Waals surface area contributed by atoms with Crippen LogP contribution in [0, 0.1) is 0 Å². The molecule has 2 amide bonds. The smallest absolute Gasteiger partial charge is 0.544 e. The number of halogens is 2. The number of carboxylic acids is 1. The molecule has 2 rings (SSSR count). The molecule has 0 radical (unpaired) electrons. The Hall–Kier alpha value is -0.690. The number of rotatable bonds is 6. The number of ether oxygens (including phenoxy) is 1. The molecule has 0 aromatic heterocycles. The molecule has 0 saturated carbocycles. The summed E-state index contributed by atoms with van der Waals surface area (Å²) in [5, 5.41) is 14.0. The number of cyclic esters (lactones) is 1. The molecule has 2 aliphatic rings. The van der Waals surface area contributed by atoms with Crippen LogP contribution in [0.3, 0.4) is 0 Å². The number of amides is 2. The van der Waals surface area contributed by atoms with Gasteiger partial charge in [0, 0.05) is 12.0 Å². The zero-order valence-electron chi connectivity index (χ0n) is 13.4. The third kappa shape index (κ3) is 4.77. The molecule has 2 unspecified atom stereocenters. The quantitative estimate of drug-likeness (QED) is 0.322. The molecule has 0 aromatic rings. The first-order chi connectivity index (χ1) is 11.7. The van der Waals surface area contributed by atoms with Crippen LogP contribution in [0.15, 0.2) is 9.90 Å². The summed E-state index contributed by atoms with van der Waals surface area (Å²) in [6.45, 7) is -0.400. The molecule has 2 heterocycles. The molecule has 0 spiro atoms. The Bertz CT molecular complexity index is 690. The fourth-order valence-electron chi connectivity index (χ4n) is 2.22. The fraction of sp³-hybridized carbons (Fsp3) is 0.500. The van der Waals surface area contributed by atoms with Gasteiger partial charge in [0.15, 0.2) is 0 Å². The van der Waals surface area contributed by atoms with Crippen molar-refractivity contribution in [2.45, 2.75) is 24.6 Å². The molecule has 3 atom stereocenters. The fourth-order valence-corrected chi connectivity index (χ4v) is 3.24. The van der Waals surface area contributed by atoms with Gasteiger partial charge in [0.25, 0.3) is 11.6 Å². The molecule has 14 heteroatoms. The van der Waals surface area contributed by atoms with Crippen LogP contribution in [-0.2, 0) is 39.6 Å². The maximum Gasteiger partial charge on any atom is 1.00 e. The number of aliphatic carboxylic acids is 1. The second-order valence-electron chi connectivity index (χ2n) is 5.00. The number of esters is 1. The van der Waals surface area contributed by atoms with Gasteiger partial charge in [0.2, 0.25) is 5.91 Å². The zero-order chi connectivity index (χ0) is 18.8. The van der Waals surface area contributed by atoms with E-state index in [0.29, 0.717) is 5.06 Å². The maximum atomic E-state index is 12.3. The number of hydrogen-bond donors (Lipinski definition) is 1. The van der Waals surface area contributed by atoms with Gasteiger partial charge < -0.3 is 20.0 Å². The normalized spacial score (nSPS) is 26.9. The summed E-state index contributed by atoms with van der Waals surface area (Å²) >= 11 is 10.8. The van der Waals surface area contributed by atoms with Crippen LogP contribution >= 0.6 is 23.2 Å². The Kier molecular flexibility index (Phi) is 8.52. The molecule has 138 valence electrons. The summed E-state index contributed by atoms with van der Waals surface area (Å²) in [7, 11) is -1.89. The average molecular weight is 437 g/mol. The van der Waals surface area contributed by atoms with Crippen LogP contribution in [0.25, 0.3) is 0 Å². The van der Waals surface area contributed by atoms with Gasteiger partial charge in [-0.25, -0.2) is 0 Å². The van der Waals surface area contributed by atoms with E-state index in [1.165, 1.54) is 0 Å². The van der Waals surface area contributed by atoms with E-state index in [1.54, 1.807) is 0 Å². The Morgan fingerprint density at radius 2 is 2.12 bits per heavy atom. The van der Waals surface area contributed by atoms with Crippen molar-refractivity contribution in [3.8, 4) is 0 Å². The van der Waals surface area contributed by atoms with E-state index in [4.69, 9.17) is 32.8 Å². The summed E-state index contributed by atoms with van der Waals surface area (Å²) in [6, 6.07) is -1.25. The average Bonchev–Trinajstić information content (AvgIpc) is 3.11. The first-order valence-corrected chi connectivity index (χ1v) is 8.88. The molecular formula is C12H11Cl2N2NaO8S. The molecule has 2 fully saturated rings. The van der Waals surface area contributed by atoms with Crippen molar-refractivity contribution in [3.05, 3.63) is 9.90 Å². The largest absolute Gasteiger partial charge is 1.00 e. The van der Waals surface area contributed by atoms with E-state index in [0.717, 1.165) is 5.54 Å². The molecule has 0 aliphatic carbocycles. The van der Waals surface area contributed by atoms with Gasteiger partial charge in [0.05, 0.1) is 17.2 Å². The number of carboxylic acid groups (broad SMARTS) is 1. The van der Waals surface area contributed by atoms with Gasteiger partial charge in [-0.3, -0.25) is 23.4 Å². The van der Waals surface area contributed by atoms with Crippen molar-refractivity contribution < 1.29 is 67.6 Å². The molecule has 26 heavy (non-hydrogen) atoms. The molecule has 0 aromatic carbocycles. The number of hydroxylamine groups is 2. The summed E-state index contributed by atoms with van der Waals surface area (Å²) in [5.74, 6) is -4.96. The van der Waals surface area contributed by atoms with E-state index < -0.39 is 58.7 Å². The molecule has 0 bridgehead atoms. The number of hydrogen-bond acceptors (Lipinski definition) is 8. The molecule has 1 N–H and O–H groups in total. The van der Waals surface area contributed by atoms with E-state index in [1.807, 2.05) is 0 Å². The summed E-state index contributed by atoms with van der Waals surface area (Å²) in [5.41, 5.74) is -1.53. The maximum absolute atomic E-state index is 12.3. The number of carbonyl (C=O) groups is 4. The van der Waals surface area contributed by atoms with Crippen molar-refractivity contribution in [2.24, 2.45) is 0 Å². The third-order valence-electron chi connectivity index (χ3n) is 3.37. The Labute approximate surface area is 181 Å². The monoisotopic (exact) mass is 436 g/mol. The number of carbonyl (C=O) groups excluding carboxylic acids is 4. The Morgan fingerprint density at radius 1 is 1.46 bits per heavy atom. The van der Waals surface area contributed by atoms with Crippen molar-refractivity contribution in [3.63, 3.8) is 0 Å². The van der Waals surface area contributed by atoms with E-state index in [9.17, 15) is 28.5 Å². The minimum absolute atomic E-state index is 0. The van der Waals surface area contributed by atoms with Crippen LogP contribution in [-0.4, -0.2) is 57.2 Å². The zero-order valence-corrected chi connectivity index (χ0v) is 17.7. The minimum atomic E-state index is -2.37. The topological polar surface area (TPSA) is 142 Å². The first-order valence-electron chi connectivity index (χ1n) is 6.75. The third-order valence-corrected chi connectivity index (χ3v) is 5.53. The van der Waals surface area contributed by atoms with Gasteiger partial charge in [-0.1, -0.05) is 23.2 Å². The van der Waals surface area contributed by atoms with E-state index in [-0.39, 0.29) is 46.8 Å². The Morgan fingerprint density at radius 3 is 2.62 bits per heavy atom. The van der Waals surface area contributed by atoms with Gasteiger partial charge >= 0.3 is 35.5 Å². The van der Waals surface area contributed by atoms with E-state index >= 15 is 0 Å². The molecule has 2 aliphatic heterocycles. The standard InChI is InChI=1S/C12H12Cl2N2O8S.Na/c13-3-7(14)25(22)5-8(17)15-6-4-23-16(10(6)19)12(11(20)21)2-1-9(18)24-12;/h3,6H,1-2,4-5H2,(H,15,17)(H,20,21);/q;+1/p-1/t6-,12?,25?;/m0./s1. The van der Waals surface area contributed by atoms with Crippen molar-refractivity contribution >= 4 is 57.8 Å². The molecule has 2 saturated heterocycles. The Balaban J connectivity index is 0.00000338. The minimum Gasteiger partial charge on any atom is -0.544 e. The van der Waals surface area contributed by atoms with Crippen molar-refractivity contribution in [2.75, 3.05) is 12.4 Å². The van der Waals surface area contributed by atoms with Crippen LogP contribution in [0.2, 0.25) is 0 Å². The van der Waals surface area contributed by atoms with Gasteiger partial charge in [-0.2, -0.15) is 5.06 Å². The van der Waals surface area contributed by atoms with Gasteiger partial charge in [0.1, 0.15) is 28.7 Å².